The molecule has 2 aromatic carbocycles. The van der Waals surface area contributed by atoms with Crippen LogP contribution in [0.3, 0.4) is 0 Å². The molecule has 0 fully saturated rings. The standard InChI is InChI=1S/C17H15N5O2/c1-12-15(22(23)24)16(19-13-8-4-2-5-9-13)21-17(18-12)20-14-10-6-3-7-11-14/h2-11H,1H3,(H2,18,19,20,21). The summed E-state index contributed by atoms with van der Waals surface area (Å²) >= 11 is 0. The van der Waals surface area contributed by atoms with Crippen LogP contribution in [0.2, 0.25) is 0 Å². The first-order valence-electron chi connectivity index (χ1n) is 7.30. The number of nitro groups is 1. The second-order valence-corrected chi connectivity index (χ2v) is 5.07. The topological polar surface area (TPSA) is 93.0 Å². The maximum absolute atomic E-state index is 11.4. The van der Waals surface area contributed by atoms with Gasteiger partial charge in [-0.05, 0) is 31.2 Å². The zero-order chi connectivity index (χ0) is 16.9. The van der Waals surface area contributed by atoms with Gasteiger partial charge >= 0.3 is 5.69 Å². The third-order valence-corrected chi connectivity index (χ3v) is 3.31. The van der Waals surface area contributed by atoms with E-state index in [1.807, 2.05) is 60.7 Å². The number of anilines is 4. The lowest BCUT2D eigenvalue weighted by Crippen LogP contribution is -2.07. The lowest BCUT2D eigenvalue weighted by molar-refractivity contribution is -0.385. The van der Waals surface area contributed by atoms with E-state index in [0.29, 0.717) is 11.6 Å². The van der Waals surface area contributed by atoms with Crippen molar-refractivity contribution in [2.45, 2.75) is 6.92 Å². The molecular weight excluding hydrogens is 306 g/mol. The number of benzene rings is 2. The van der Waals surface area contributed by atoms with E-state index in [1.54, 1.807) is 6.92 Å². The normalized spacial score (nSPS) is 10.2. The summed E-state index contributed by atoms with van der Waals surface area (Å²) in [6.07, 6.45) is 0. The van der Waals surface area contributed by atoms with Gasteiger partial charge in [0.1, 0.15) is 5.69 Å². The molecule has 2 N–H and O–H groups in total. The predicted molar refractivity (Wildman–Crippen MR) is 92.9 cm³/mol. The van der Waals surface area contributed by atoms with E-state index in [2.05, 4.69) is 20.6 Å². The highest BCUT2D eigenvalue weighted by Gasteiger charge is 2.22. The summed E-state index contributed by atoms with van der Waals surface area (Å²) in [4.78, 5) is 19.3. The molecule has 120 valence electrons. The van der Waals surface area contributed by atoms with Crippen LogP contribution in [0.5, 0.6) is 0 Å². The molecule has 0 bridgehead atoms. The van der Waals surface area contributed by atoms with Crippen LogP contribution >= 0.6 is 0 Å². The minimum absolute atomic E-state index is 0.141. The molecule has 24 heavy (non-hydrogen) atoms. The molecule has 1 aromatic heterocycles. The number of hydrogen-bond donors (Lipinski definition) is 2. The zero-order valence-corrected chi connectivity index (χ0v) is 12.9. The Hall–Kier alpha value is -3.48. The van der Waals surface area contributed by atoms with Crippen molar-refractivity contribution in [1.29, 1.82) is 0 Å². The summed E-state index contributed by atoms with van der Waals surface area (Å²) in [5.74, 6) is 0.444. The first-order chi connectivity index (χ1) is 11.6. The highest BCUT2D eigenvalue weighted by atomic mass is 16.6. The average Bonchev–Trinajstić information content (AvgIpc) is 2.56. The Morgan fingerprint density at radius 3 is 1.96 bits per heavy atom. The molecule has 0 unspecified atom stereocenters. The Morgan fingerprint density at radius 1 is 0.875 bits per heavy atom. The van der Waals surface area contributed by atoms with E-state index in [1.165, 1.54) is 0 Å². The average molecular weight is 321 g/mol. The zero-order valence-electron chi connectivity index (χ0n) is 12.9. The summed E-state index contributed by atoms with van der Waals surface area (Å²) in [6.45, 7) is 1.59. The number of rotatable bonds is 5. The fourth-order valence-electron chi connectivity index (χ4n) is 2.24. The molecule has 0 aliphatic carbocycles. The molecule has 1 heterocycles. The summed E-state index contributed by atoms with van der Waals surface area (Å²) in [5.41, 5.74) is 1.66. The quantitative estimate of drug-likeness (QED) is 0.541. The first kappa shape index (κ1) is 15.4. The van der Waals surface area contributed by atoms with Crippen LogP contribution in [0.25, 0.3) is 0 Å². The largest absolute Gasteiger partial charge is 0.334 e. The van der Waals surface area contributed by atoms with Gasteiger partial charge in [0.15, 0.2) is 0 Å². The monoisotopic (exact) mass is 321 g/mol. The molecule has 3 rings (SSSR count). The molecule has 0 radical (unpaired) electrons. The Balaban J connectivity index is 1.99. The minimum atomic E-state index is -0.479. The maximum Gasteiger partial charge on any atom is 0.332 e. The molecule has 0 aliphatic rings. The van der Waals surface area contributed by atoms with Crippen LogP contribution in [0.4, 0.5) is 28.8 Å². The van der Waals surface area contributed by atoms with Gasteiger partial charge in [0, 0.05) is 11.4 Å². The summed E-state index contributed by atoms with van der Waals surface area (Å²) in [7, 11) is 0. The predicted octanol–water partition coefficient (Wildman–Crippen LogP) is 4.18. The van der Waals surface area contributed by atoms with Gasteiger partial charge < -0.3 is 10.6 Å². The highest BCUT2D eigenvalue weighted by molar-refractivity contribution is 5.69. The lowest BCUT2D eigenvalue weighted by Gasteiger charge is -2.11. The molecule has 0 aliphatic heterocycles. The molecule has 0 amide bonds. The molecule has 7 nitrogen and oxygen atoms in total. The van der Waals surface area contributed by atoms with Crippen LogP contribution in [-0.2, 0) is 0 Å². The third kappa shape index (κ3) is 3.46. The van der Waals surface area contributed by atoms with Crippen molar-refractivity contribution in [1.82, 2.24) is 9.97 Å². The Bertz CT molecular complexity index is 854. The van der Waals surface area contributed by atoms with E-state index in [0.717, 1.165) is 5.69 Å². The molecular formula is C17H15N5O2. The van der Waals surface area contributed by atoms with Crippen molar-refractivity contribution >= 4 is 28.8 Å². The second kappa shape index (κ2) is 6.74. The lowest BCUT2D eigenvalue weighted by atomic mass is 10.3. The summed E-state index contributed by atoms with van der Waals surface area (Å²) in [5, 5.41) is 17.4. The van der Waals surface area contributed by atoms with Gasteiger partial charge in [0.2, 0.25) is 11.8 Å². The van der Waals surface area contributed by atoms with E-state index in [4.69, 9.17) is 0 Å². The minimum Gasteiger partial charge on any atom is -0.334 e. The number of para-hydroxylation sites is 2. The number of nitrogens with one attached hydrogen (secondary N) is 2. The number of aryl methyl sites for hydroxylation is 1. The SMILES string of the molecule is Cc1nc(Nc2ccccc2)nc(Nc2ccccc2)c1[N+](=O)[O-]. The summed E-state index contributed by atoms with van der Waals surface area (Å²) < 4.78 is 0. The number of nitrogens with zero attached hydrogens (tertiary/aromatic N) is 3. The summed E-state index contributed by atoms with van der Waals surface area (Å²) in [6, 6.07) is 18.6. The van der Waals surface area contributed by atoms with Crippen molar-refractivity contribution in [2.75, 3.05) is 10.6 Å². The molecule has 0 spiro atoms. The first-order valence-corrected chi connectivity index (χ1v) is 7.30. The van der Waals surface area contributed by atoms with Gasteiger partial charge in [-0.1, -0.05) is 36.4 Å². The fraction of sp³-hybridized carbons (Fsp3) is 0.0588. The van der Waals surface area contributed by atoms with Gasteiger partial charge in [0.25, 0.3) is 0 Å². The number of aromatic nitrogens is 2. The molecule has 0 saturated carbocycles. The molecule has 0 atom stereocenters. The van der Waals surface area contributed by atoms with Gasteiger partial charge in [-0.25, -0.2) is 4.98 Å². The van der Waals surface area contributed by atoms with Gasteiger partial charge in [-0.3, -0.25) is 10.1 Å². The van der Waals surface area contributed by atoms with Crippen molar-refractivity contribution in [3.8, 4) is 0 Å². The number of hydrogen-bond acceptors (Lipinski definition) is 6. The van der Waals surface area contributed by atoms with E-state index < -0.39 is 4.92 Å². The highest BCUT2D eigenvalue weighted by Crippen LogP contribution is 2.29. The van der Waals surface area contributed by atoms with E-state index in [9.17, 15) is 10.1 Å². The molecule has 7 heteroatoms. The molecule has 3 aromatic rings. The van der Waals surface area contributed by atoms with Crippen molar-refractivity contribution < 1.29 is 4.92 Å². The van der Waals surface area contributed by atoms with E-state index >= 15 is 0 Å². The van der Waals surface area contributed by atoms with Gasteiger partial charge in [0.05, 0.1) is 4.92 Å². The Kier molecular flexibility index (Phi) is 4.33. The smallest absolute Gasteiger partial charge is 0.332 e. The fourth-order valence-corrected chi connectivity index (χ4v) is 2.24. The second-order valence-electron chi connectivity index (χ2n) is 5.07. The van der Waals surface area contributed by atoms with Crippen LogP contribution in [0, 0.1) is 17.0 Å². The van der Waals surface area contributed by atoms with E-state index in [-0.39, 0.29) is 17.2 Å². The van der Waals surface area contributed by atoms with Gasteiger partial charge in [-0.2, -0.15) is 4.98 Å². The van der Waals surface area contributed by atoms with Crippen molar-refractivity contribution in [2.24, 2.45) is 0 Å². The van der Waals surface area contributed by atoms with Crippen LogP contribution in [-0.4, -0.2) is 14.9 Å². The van der Waals surface area contributed by atoms with Crippen LogP contribution < -0.4 is 10.6 Å². The Morgan fingerprint density at radius 2 is 1.42 bits per heavy atom. The maximum atomic E-state index is 11.4. The van der Waals surface area contributed by atoms with Crippen LogP contribution in [0.1, 0.15) is 5.69 Å². The van der Waals surface area contributed by atoms with Gasteiger partial charge in [-0.15, -0.1) is 0 Å². The van der Waals surface area contributed by atoms with Crippen LogP contribution in [0.15, 0.2) is 60.7 Å². The molecule has 0 saturated heterocycles. The van der Waals surface area contributed by atoms with Crippen molar-refractivity contribution in [3.63, 3.8) is 0 Å². The Labute approximate surface area is 138 Å². The third-order valence-electron chi connectivity index (χ3n) is 3.31. The van der Waals surface area contributed by atoms with Crippen molar-refractivity contribution in [3.05, 3.63) is 76.5 Å².